The number of benzene rings is 1. The molecule has 1 atom stereocenters. The first-order valence-corrected chi connectivity index (χ1v) is 8.24. The van der Waals surface area contributed by atoms with Crippen LogP contribution >= 0.6 is 0 Å². The van der Waals surface area contributed by atoms with Crippen molar-refractivity contribution in [1.29, 1.82) is 0 Å². The molecule has 0 bridgehead atoms. The summed E-state index contributed by atoms with van der Waals surface area (Å²) in [7, 11) is 0. The normalized spacial score (nSPS) is 16.5. The molecule has 2 aromatic heterocycles. The van der Waals surface area contributed by atoms with E-state index in [0.717, 1.165) is 17.1 Å². The predicted octanol–water partition coefficient (Wildman–Crippen LogP) is 1.62. The molecule has 0 fully saturated rings. The van der Waals surface area contributed by atoms with Gasteiger partial charge in [0.15, 0.2) is 0 Å². The Hall–Kier alpha value is -3.29. The average Bonchev–Trinajstić information content (AvgIpc) is 3.08. The van der Waals surface area contributed by atoms with Crippen LogP contribution in [-0.2, 0) is 17.8 Å². The Bertz CT molecular complexity index is 1040. The SMILES string of the molecule is Cc1nc2ccc(C(=O)N3Cc4[nH]cnc4CC3C(=O)O)cc2nc1C. The summed E-state index contributed by atoms with van der Waals surface area (Å²) in [6.45, 7) is 3.93. The summed E-state index contributed by atoms with van der Waals surface area (Å²) < 4.78 is 0. The Balaban J connectivity index is 1.73. The molecule has 1 unspecified atom stereocenters. The fourth-order valence-corrected chi connectivity index (χ4v) is 3.20. The highest BCUT2D eigenvalue weighted by Crippen LogP contribution is 2.24. The van der Waals surface area contributed by atoms with Crippen molar-refractivity contribution < 1.29 is 14.7 Å². The number of aromatic amines is 1. The number of imidazole rings is 1. The number of rotatable bonds is 2. The van der Waals surface area contributed by atoms with Gasteiger partial charge in [0.05, 0.1) is 46.7 Å². The van der Waals surface area contributed by atoms with Crippen LogP contribution in [0.3, 0.4) is 0 Å². The lowest BCUT2D eigenvalue weighted by atomic mass is 10.0. The number of amides is 1. The summed E-state index contributed by atoms with van der Waals surface area (Å²) in [6, 6.07) is 4.12. The van der Waals surface area contributed by atoms with Gasteiger partial charge in [0, 0.05) is 12.0 Å². The zero-order valence-corrected chi connectivity index (χ0v) is 14.4. The van der Waals surface area contributed by atoms with Crippen LogP contribution < -0.4 is 0 Å². The first-order valence-electron chi connectivity index (χ1n) is 8.24. The first kappa shape index (κ1) is 16.2. The minimum Gasteiger partial charge on any atom is -0.480 e. The molecule has 3 aromatic rings. The van der Waals surface area contributed by atoms with E-state index in [4.69, 9.17) is 0 Å². The maximum Gasteiger partial charge on any atom is 0.326 e. The number of carboxylic acids is 1. The average molecular weight is 351 g/mol. The van der Waals surface area contributed by atoms with Crippen LogP contribution in [0, 0.1) is 13.8 Å². The number of carbonyl (C=O) groups excluding carboxylic acids is 1. The standard InChI is InChI=1S/C18H17N5O3/c1-9-10(2)22-14-5-11(3-4-12(14)21-9)17(24)23-7-15-13(19-8-20-15)6-16(23)18(25)26/h3-5,8,16H,6-7H2,1-2H3,(H,19,20)(H,25,26). The van der Waals surface area contributed by atoms with Gasteiger partial charge in [-0.25, -0.2) is 19.7 Å². The molecule has 0 spiro atoms. The predicted molar refractivity (Wildman–Crippen MR) is 92.6 cm³/mol. The van der Waals surface area contributed by atoms with Gasteiger partial charge in [-0.15, -0.1) is 0 Å². The topological polar surface area (TPSA) is 112 Å². The fourth-order valence-electron chi connectivity index (χ4n) is 3.20. The third-order valence-electron chi connectivity index (χ3n) is 4.77. The maximum atomic E-state index is 13.0. The van der Waals surface area contributed by atoms with Gasteiger partial charge in [-0.1, -0.05) is 0 Å². The van der Waals surface area contributed by atoms with Crippen molar-refractivity contribution in [3.05, 3.63) is 52.9 Å². The zero-order valence-electron chi connectivity index (χ0n) is 14.4. The van der Waals surface area contributed by atoms with Crippen molar-refractivity contribution in [2.45, 2.75) is 32.9 Å². The number of carboxylic acid groups (broad SMARTS) is 1. The molecule has 2 N–H and O–H groups in total. The Morgan fingerprint density at radius 3 is 2.65 bits per heavy atom. The van der Waals surface area contributed by atoms with Crippen molar-refractivity contribution in [2.75, 3.05) is 0 Å². The fraction of sp³-hybridized carbons (Fsp3) is 0.278. The number of fused-ring (bicyclic) bond motifs is 2. The smallest absolute Gasteiger partial charge is 0.326 e. The summed E-state index contributed by atoms with van der Waals surface area (Å²) in [6.07, 6.45) is 1.71. The molecule has 3 heterocycles. The minimum absolute atomic E-state index is 0.182. The number of carbonyl (C=O) groups is 2. The van der Waals surface area contributed by atoms with Gasteiger partial charge < -0.3 is 15.0 Å². The van der Waals surface area contributed by atoms with Crippen LogP contribution in [0.15, 0.2) is 24.5 Å². The molecule has 1 amide bonds. The third-order valence-corrected chi connectivity index (χ3v) is 4.77. The van der Waals surface area contributed by atoms with E-state index in [9.17, 15) is 14.7 Å². The lowest BCUT2D eigenvalue weighted by Crippen LogP contribution is -2.48. The second-order valence-electron chi connectivity index (χ2n) is 6.42. The lowest BCUT2D eigenvalue weighted by Gasteiger charge is -2.32. The minimum atomic E-state index is -1.04. The zero-order chi connectivity index (χ0) is 18.4. The van der Waals surface area contributed by atoms with E-state index in [-0.39, 0.29) is 18.9 Å². The van der Waals surface area contributed by atoms with Crippen LogP contribution in [0.1, 0.15) is 33.1 Å². The summed E-state index contributed by atoms with van der Waals surface area (Å²) in [4.78, 5) is 42.1. The Kier molecular flexibility index (Phi) is 3.68. The Labute approximate surface area is 148 Å². The highest BCUT2D eigenvalue weighted by Gasteiger charge is 2.36. The number of nitrogens with one attached hydrogen (secondary N) is 1. The number of H-pyrrole nitrogens is 1. The molecule has 0 radical (unpaired) electrons. The van der Waals surface area contributed by atoms with E-state index < -0.39 is 12.0 Å². The number of hydrogen-bond acceptors (Lipinski definition) is 5. The molecule has 1 aliphatic rings. The highest BCUT2D eigenvalue weighted by atomic mass is 16.4. The second-order valence-corrected chi connectivity index (χ2v) is 6.42. The van der Waals surface area contributed by atoms with Crippen LogP contribution in [0.4, 0.5) is 0 Å². The summed E-state index contributed by atoms with van der Waals surface area (Å²) in [5.74, 6) is -1.39. The second kappa shape index (κ2) is 5.91. The third kappa shape index (κ3) is 2.59. The van der Waals surface area contributed by atoms with E-state index in [0.29, 0.717) is 22.3 Å². The molecule has 0 saturated heterocycles. The van der Waals surface area contributed by atoms with Crippen molar-refractivity contribution >= 4 is 22.9 Å². The van der Waals surface area contributed by atoms with Crippen molar-refractivity contribution in [2.24, 2.45) is 0 Å². The molecule has 0 aliphatic carbocycles. The molecule has 8 heteroatoms. The summed E-state index contributed by atoms with van der Waals surface area (Å²) in [5.41, 5.74) is 4.80. The Morgan fingerprint density at radius 2 is 1.92 bits per heavy atom. The van der Waals surface area contributed by atoms with Crippen molar-refractivity contribution in [1.82, 2.24) is 24.8 Å². The number of aliphatic carboxylic acids is 1. The van der Waals surface area contributed by atoms with E-state index in [1.807, 2.05) is 13.8 Å². The van der Waals surface area contributed by atoms with Crippen molar-refractivity contribution in [3.8, 4) is 0 Å². The summed E-state index contributed by atoms with van der Waals surface area (Å²) in [5, 5.41) is 9.55. The van der Waals surface area contributed by atoms with Gasteiger partial charge in [-0.3, -0.25) is 4.79 Å². The van der Waals surface area contributed by atoms with E-state index in [1.165, 1.54) is 11.2 Å². The van der Waals surface area contributed by atoms with Gasteiger partial charge in [0.1, 0.15) is 6.04 Å². The number of aryl methyl sites for hydroxylation is 2. The number of nitrogens with zero attached hydrogens (tertiary/aromatic N) is 4. The van der Waals surface area contributed by atoms with Gasteiger partial charge in [0.2, 0.25) is 0 Å². The molecule has 8 nitrogen and oxygen atoms in total. The summed E-state index contributed by atoms with van der Waals surface area (Å²) >= 11 is 0. The van der Waals surface area contributed by atoms with E-state index in [2.05, 4.69) is 19.9 Å². The molecular weight excluding hydrogens is 334 g/mol. The van der Waals surface area contributed by atoms with E-state index >= 15 is 0 Å². The van der Waals surface area contributed by atoms with Crippen LogP contribution in [0.25, 0.3) is 11.0 Å². The monoisotopic (exact) mass is 351 g/mol. The van der Waals surface area contributed by atoms with Gasteiger partial charge in [-0.05, 0) is 32.0 Å². The van der Waals surface area contributed by atoms with Gasteiger partial charge in [0.25, 0.3) is 5.91 Å². The quantitative estimate of drug-likeness (QED) is 0.725. The maximum absolute atomic E-state index is 13.0. The number of hydrogen-bond donors (Lipinski definition) is 2. The van der Waals surface area contributed by atoms with Gasteiger partial charge >= 0.3 is 5.97 Å². The largest absolute Gasteiger partial charge is 0.480 e. The van der Waals surface area contributed by atoms with Crippen molar-refractivity contribution in [3.63, 3.8) is 0 Å². The molecule has 132 valence electrons. The molecule has 4 rings (SSSR count). The van der Waals surface area contributed by atoms with Gasteiger partial charge in [-0.2, -0.15) is 0 Å². The highest BCUT2D eigenvalue weighted by molar-refractivity contribution is 5.99. The van der Waals surface area contributed by atoms with Crippen LogP contribution in [0.5, 0.6) is 0 Å². The molecule has 26 heavy (non-hydrogen) atoms. The Morgan fingerprint density at radius 1 is 1.19 bits per heavy atom. The van der Waals surface area contributed by atoms with E-state index in [1.54, 1.807) is 18.2 Å². The number of aromatic nitrogens is 4. The molecule has 1 aromatic carbocycles. The molecule has 0 saturated carbocycles. The first-order chi connectivity index (χ1) is 12.4. The lowest BCUT2D eigenvalue weighted by molar-refractivity contribution is -0.142. The molecule has 1 aliphatic heterocycles. The van der Waals surface area contributed by atoms with Crippen LogP contribution in [0.2, 0.25) is 0 Å². The molecular formula is C18H17N5O3. The van der Waals surface area contributed by atoms with Crippen LogP contribution in [-0.4, -0.2) is 47.9 Å².